The molecule has 6 heteroatoms. The first kappa shape index (κ1) is 38.8. The topological polar surface area (TPSA) is 0 Å². The fourth-order valence-electron chi connectivity index (χ4n) is 0. The van der Waals surface area contributed by atoms with E-state index in [4.69, 9.17) is 0 Å². The van der Waals surface area contributed by atoms with Crippen molar-refractivity contribution in [3.05, 3.63) is 0 Å². The number of rotatable bonds is 0. The van der Waals surface area contributed by atoms with Crippen molar-refractivity contribution in [2.45, 2.75) is 0 Å². The molecule has 0 nitrogen and oxygen atoms in total. The van der Waals surface area contributed by atoms with Gasteiger partial charge in [-0.3, -0.25) is 0 Å². The first-order chi connectivity index (χ1) is 0. The third-order valence-electron chi connectivity index (χ3n) is 0. The molecule has 0 saturated heterocycles. The average molecular weight is 294 g/mol. The fraction of sp³-hybridized carbons (Fsp3) is 0. The van der Waals surface area contributed by atoms with E-state index in [9.17, 15) is 0 Å². The average Bonchev–Trinajstić information content (AvgIpc) is 0. The molecule has 0 N–H and O–H groups in total. The summed E-state index contributed by atoms with van der Waals surface area (Å²) >= 11 is 0. The van der Waals surface area contributed by atoms with Crippen LogP contribution in [0.4, 0.5) is 0 Å². The molecule has 0 fully saturated rings. The van der Waals surface area contributed by atoms with Crippen LogP contribution < -0.4 is 154 Å². The third kappa shape index (κ3) is 22.4. The van der Waals surface area contributed by atoms with Gasteiger partial charge in [-0.1, -0.05) is 0 Å². The smallest absolute Gasteiger partial charge is 3.00 e. The van der Waals surface area contributed by atoms with Crippen LogP contribution in [0.1, 0.15) is 0 Å². The van der Waals surface area contributed by atoms with Crippen molar-refractivity contribution in [3.63, 3.8) is 0 Å². The Bertz CT molecular complexity index is 8.75. The van der Waals surface area contributed by atoms with Gasteiger partial charge < -0.3 is 19.8 Å². The molecule has 0 bridgehead atoms. The van der Waals surface area contributed by atoms with Crippen LogP contribution in [0, 0.1) is 0 Å². The Morgan fingerprint density at radius 2 is 0.500 bits per heavy atom. The van der Waals surface area contributed by atoms with Crippen molar-refractivity contribution in [1.82, 2.24) is 0 Å². The predicted octanol–water partition coefficient (Wildman–Crippen LogP) is -7.65. The number of hydrogen-bond donors (Lipinski definition) is 0. The molecular weight excluding hydrogens is 294 g/mol. The minimum Gasteiger partial charge on any atom is -3.00 e. The van der Waals surface area contributed by atoms with Crippen LogP contribution >= 0.6 is 19.8 Å². The Morgan fingerprint density at radius 1 is 0.500 bits per heavy atom. The second-order valence-corrected chi connectivity index (χ2v) is 0. The molecule has 0 aromatic heterocycles. The first-order valence-electron chi connectivity index (χ1n) is 0. The molecule has 0 aliphatic rings. The zero-order valence-electron chi connectivity index (χ0n) is 4.47. The van der Waals surface area contributed by atoms with Crippen LogP contribution in [-0.4, -0.2) is 25.8 Å². The van der Waals surface area contributed by atoms with Crippen molar-refractivity contribution in [3.8, 4) is 0 Å². The second kappa shape index (κ2) is 29.9. The van der Waals surface area contributed by atoms with Crippen LogP contribution in [0.25, 0.3) is 0 Å². The second-order valence-electron chi connectivity index (χ2n) is 0. The molecular formula is InK3P2. The van der Waals surface area contributed by atoms with Gasteiger partial charge in [-0.15, -0.1) is 0 Å². The predicted molar refractivity (Wildman–Crippen MR) is 19.6 cm³/mol. The summed E-state index contributed by atoms with van der Waals surface area (Å²) in [6.07, 6.45) is 0. The Hall–Kier alpha value is 6.64. The molecule has 0 radical (unpaired) electrons. The summed E-state index contributed by atoms with van der Waals surface area (Å²) in [5.74, 6) is 0. The van der Waals surface area contributed by atoms with Crippen molar-refractivity contribution >= 4 is 45.6 Å². The van der Waals surface area contributed by atoms with Crippen LogP contribution in [0.2, 0.25) is 0 Å². The third-order valence-corrected chi connectivity index (χ3v) is 0. The molecule has 0 aromatic carbocycles. The largest absolute Gasteiger partial charge is 3.00 e. The standard InChI is InChI=1S/In.3K.2P/q+3;3*+1;2*-3. The molecule has 0 unspecified atom stereocenters. The summed E-state index contributed by atoms with van der Waals surface area (Å²) in [5.41, 5.74) is 0. The minimum absolute atomic E-state index is 0. The van der Waals surface area contributed by atoms with Gasteiger partial charge in [0.1, 0.15) is 0 Å². The van der Waals surface area contributed by atoms with E-state index < -0.39 is 0 Å². The van der Waals surface area contributed by atoms with Crippen molar-refractivity contribution in [2.75, 3.05) is 0 Å². The van der Waals surface area contributed by atoms with Gasteiger partial charge in [-0.05, 0) is 0 Å². The maximum absolute atomic E-state index is 0. The van der Waals surface area contributed by atoms with Crippen molar-refractivity contribution in [2.24, 2.45) is 0 Å². The van der Waals surface area contributed by atoms with Gasteiger partial charge in [0, 0.05) is 0 Å². The zero-order valence-corrected chi connectivity index (χ0v) is 18.9. The van der Waals surface area contributed by atoms with Gasteiger partial charge in [0.05, 0.1) is 0 Å². The Labute approximate surface area is 193 Å². The van der Waals surface area contributed by atoms with E-state index >= 15 is 0 Å². The molecule has 0 spiro atoms. The Kier molecular flexibility index (Phi) is 194. The summed E-state index contributed by atoms with van der Waals surface area (Å²) in [4.78, 5) is 0. The van der Waals surface area contributed by atoms with Gasteiger partial charge in [0.15, 0.2) is 0 Å². The van der Waals surface area contributed by atoms with E-state index in [0.29, 0.717) is 0 Å². The molecule has 0 aromatic rings. The molecule has 0 amide bonds. The molecule has 0 saturated carbocycles. The summed E-state index contributed by atoms with van der Waals surface area (Å²) < 4.78 is 0. The molecule has 0 heterocycles. The molecule has 0 aliphatic heterocycles. The van der Waals surface area contributed by atoms with E-state index in [1.165, 1.54) is 0 Å². The van der Waals surface area contributed by atoms with E-state index in [1.807, 2.05) is 0 Å². The molecule has 6 heavy (non-hydrogen) atoms. The SMILES string of the molecule is [In+3].[K+].[K+].[K+].[P-3].[P-3]. The Morgan fingerprint density at radius 3 is 0.500 bits per heavy atom. The first-order valence-corrected chi connectivity index (χ1v) is 0. The van der Waals surface area contributed by atoms with Crippen LogP contribution in [0.15, 0.2) is 0 Å². The maximum atomic E-state index is 0. The number of hydrogen-bond acceptors (Lipinski definition) is 0. The van der Waals surface area contributed by atoms with E-state index in [2.05, 4.69) is 0 Å². The van der Waals surface area contributed by atoms with Crippen LogP contribution in [0.5, 0.6) is 0 Å². The Balaban J connectivity index is 0. The van der Waals surface area contributed by atoms with Gasteiger partial charge in [0.25, 0.3) is 0 Å². The summed E-state index contributed by atoms with van der Waals surface area (Å²) in [5, 5.41) is 0. The molecule has 16 valence electrons. The fourth-order valence-corrected chi connectivity index (χ4v) is 0. The van der Waals surface area contributed by atoms with Crippen molar-refractivity contribution in [1.29, 1.82) is 0 Å². The molecule has 0 atom stereocenters. The maximum Gasteiger partial charge on any atom is 3.00 e. The molecule has 0 aliphatic carbocycles. The van der Waals surface area contributed by atoms with Gasteiger partial charge in [-0.2, -0.15) is 0 Å². The van der Waals surface area contributed by atoms with Crippen LogP contribution in [0.3, 0.4) is 0 Å². The molecule has 0 rings (SSSR count). The van der Waals surface area contributed by atoms with Gasteiger partial charge in [0.2, 0.25) is 0 Å². The quantitative estimate of drug-likeness (QED) is 0.308. The minimum atomic E-state index is 0. The normalized spacial score (nSPS) is 0. The van der Waals surface area contributed by atoms with Gasteiger partial charge >= 0.3 is 180 Å². The summed E-state index contributed by atoms with van der Waals surface area (Å²) in [7, 11) is 0. The van der Waals surface area contributed by atoms with E-state index in [-0.39, 0.29) is 200 Å². The summed E-state index contributed by atoms with van der Waals surface area (Å²) in [6, 6.07) is 0. The van der Waals surface area contributed by atoms with Gasteiger partial charge in [-0.25, -0.2) is 0 Å². The van der Waals surface area contributed by atoms with E-state index in [1.54, 1.807) is 0 Å². The van der Waals surface area contributed by atoms with E-state index in [0.717, 1.165) is 0 Å². The monoisotopic (exact) mass is 294 g/mol. The zero-order chi connectivity index (χ0) is 0. The summed E-state index contributed by atoms with van der Waals surface area (Å²) in [6.45, 7) is 0. The van der Waals surface area contributed by atoms with Crippen molar-refractivity contribution < 1.29 is 154 Å². The van der Waals surface area contributed by atoms with Crippen LogP contribution in [-0.2, 0) is 0 Å².